The van der Waals surface area contributed by atoms with Crippen molar-refractivity contribution in [2.75, 3.05) is 58.1 Å². The normalized spacial score (nSPS) is 14.6. The number of anilines is 1. The van der Waals surface area contributed by atoms with Crippen LogP contribution in [-0.2, 0) is 21.1 Å². The number of hydrogen-bond acceptors (Lipinski definition) is 8. The number of ether oxygens (including phenoxy) is 2. The topological polar surface area (TPSA) is 88.2 Å². The molecule has 1 fully saturated rings. The third kappa shape index (κ3) is 7.45. The van der Waals surface area contributed by atoms with Gasteiger partial charge in [-0.2, -0.15) is 0 Å². The van der Waals surface area contributed by atoms with Crippen molar-refractivity contribution >= 4 is 37.4 Å². The number of nitrogens with zero attached hydrogens (tertiary/aromatic N) is 2. The molecule has 1 aliphatic heterocycles. The number of sulfone groups is 1. The minimum atomic E-state index is -3.70. The number of carbonyl (C=O) groups excluding carboxylic acids is 1. The molecule has 35 heavy (non-hydrogen) atoms. The first kappa shape index (κ1) is 27.0. The number of piperazine rings is 1. The average Bonchev–Trinajstić information content (AvgIpc) is 2.84. The quantitative estimate of drug-likeness (QED) is 0.367. The number of esters is 1. The Balaban J connectivity index is 1.83. The SMILES string of the molecule is CC#CCOc1ccc(S(=O)(=O)CNc2c(CN3CCN(C)CC3)cc(Br)cc2C(=O)OC)cc1. The molecule has 0 aliphatic carbocycles. The standard InChI is InChI=1S/C25H30BrN3O5S/c1-4-5-14-34-21-6-8-22(9-7-21)35(31,32)18-27-24-19(17-29-12-10-28(2)11-13-29)15-20(26)16-23(24)25(30)33-3/h6-9,15-16,27H,10-14,17-18H2,1-3H3. The summed E-state index contributed by atoms with van der Waals surface area (Å²) in [6.45, 7) is 6.19. The van der Waals surface area contributed by atoms with Gasteiger partial charge in [0, 0.05) is 37.2 Å². The van der Waals surface area contributed by atoms with Gasteiger partial charge in [-0.15, -0.1) is 5.92 Å². The molecular weight excluding hydrogens is 534 g/mol. The van der Waals surface area contributed by atoms with E-state index >= 15 is 0 Å². The van der Waals surface area contributed by atoms with Gasteiger partial charge in [0.25, 0.3) is 0 Å². The molecule has 1 heterocycles. The fourth-order valence-corrected chi connectivity index (χ4v) is 5.26. The van der Waals surface area contributed by atoms with Crippen LogP contribution in [0.15, 0.2) is 45.8 Å². The van der Waals surface area contributed by atoms with Crippen molar-refractivity contribution in [3.8, 4) is 17.6 Å². The smallest absolute Gasteiger partial charge is 0.340 e. The summed E-state index contributed by atoms with van der Waals surface area (Å²) < 4.78 is 37.3. The van der Waals surface area contributed by atoms with Crippen LogP contribution in [0.2, 0.25) is 0 Å². The molecule has 0 spiro atoms. The predicted molar refractivity (Wildman–Crippen MR) is 139 cm³/mol. The lowest BCUT2D eigenvalue weighted by Crippen LogP contribution is -2.44. The van der Waals surface area contributed by atoms with Crippen LogP contribution in [0.5, 0.6) is 5.75 Å². The fourth-order valence-electron chi connectivity index (χ4n) is 3.70. The molecular formula is C25H30BrN3O5S. The van der Waals surface area contributed by atoms with Crippen LogP contribution in [0.4, 0.5) is 5.69 Å². The maximum atomic E-state index is 13.1. The molecule has 0 amide bonds. The fraction of sp³-hybridized carbons (Fsp3) is 0.400. The summed E-state index contributed by atoms with van der Waals surface area (Å²) in [6, 6.07) is 9.75. The Morgan fingerprint density at radius 3 is 2.46 bits per heavy atom. The highest BCUT2D eigenvalue weighted by Gasteiger charge is 2.23. The van der Waals surface area contributed by atoms with Crippen molar-refractivity contribution in [2.45, 2.75) is 18.4 Å². The molecule has 10 heteroatoms. The average molecular weight is 565 g/mol. The highest BCUT2D eigenvalue weighted by Crippen LogP contribution is 2.29. The van der Waals surface area contributed by atoms with Crippen molar-refractivity contribution in [2.24, 2.45) is 0 Å². The summed E-state index contributed by atoms with van der Waals surface area (Å²) >= 11 is 3.47. The Kier molecular flexibility index (Phi) is 9.57. The molecule has 2 aromatic rings. The summed E-state index contributed by atoms with van der Waals surface area (Å²) in [5.74, 6) is 5.15. The number of hydrogen-bond donors (Lipinski definition) is 1. The van der Waals surface area contributed by atoms with Gasteiger partial charge in [0.15, 0.2) is 9.84 Å². The van der Waals surface area contributed by atoms with Gasteiger partial charge < -0.3 is 19.7 Å². The van der Waals surface area contributed by atoms with Gasteiger partial charge in [0.05, 0.1) is 23.3 Å². The summed E-state index contributed by atoms with van der Waals surface area (Å²) in [4.78, 5) is 17.2. The summed E-state index contributed by atoms with van der Waals surface area (Å²) in [5, 5.41) is 3.02. The highest BCUT2D eigenvalue weighted by molar-refractivity contribution is 9.10. The molecule has 1 N–H and O–H groups in total. The second kappa shape index (κ2) is 12.4. The van der Waals surface area contributed by atoms with Crippen molar-refractivity contribution in [3.05, 3.63) is 52.0 Å². The Labute approximate surface area is 215 Å². The summed E-state index contributed by atoms with van der Waals surface area (Å²) in [7, 11) is -0.305. The largest absolute Gasteiger partial charge is 0.481 e. The Morgan fingerprint density at radius 2 is 1.83 bits per heavy atom. The molecule has 1 saturated heterocycles. The first-order valence-electron chi connectivity index (χ1n) is 11.1. The number of benzene rings is 2. The molecule has 0 unspecified atom stereocenters. The van der Waals surface area contributed by atoms with Gasteiger partial charge in [-0.3, -0.25) is 4.90 Å². The van der Waals surface area contributed by atoms with E-state index in [1.807, 2.05) is 6.07 Å². The van der Waals surface area contributed by atoms with Gasteiger partial charge in [-0.1, -0.05) is 21.9 Å². The van der Waals surface area contributed by atoms with E-state index in [0.29, 0.717) is 18.0 Å². The predicted octanol–water partition coefficient (Wildman–Crippen LogP) is 3.23. The van der Waals surface area contributed by atoms with Crippen LogP contribution in [0, 0.1) is 11.8 Å². The molecule has 8 nitrogen and oxygen atoms in total. The Morgan fingerprint density at radius 1 is 1.14 bits per heavy atom. The lowest BCUT2D eigenvalue weighted by Gasteiger charge is -2.33. The summed E-state index contributed by atoms with van der Waals surface area (Å²) in [5.41, 5.74) is 1.56. The van der Waals surface area contributed by atoms with Crippen LogP contribution in [0.25, 0.3) is 0 Å². The van der Waals surface area contributed by atoms with E-state index in [1.54, 1.807) is 25.1 Å². The second-order valence-corrected chi connectivity index (χ2v) is 11.1. The van der Waals surface area contributed by atoms with E-state index in [2.05, 4.69) is 49.9 Å². The zero-order chi connectivity index (χ0) is 25.4. The monoisotopic (exact) mass is 563 g/mol. The number of carbonyl (C=O) groups is 1. The lowest BCUT2D eigenvalue weighted by molar-refractivity contribution is 0.0601. The molecule has 3 rings (SSSR count). The van der Waals surface area contributed by atoms with E-state index in [9.17, 15) is 13.2 Å². The number of rotatable bonds is 9. The molecule has 1 aliphatic rings. The Bertz CT molecular complexity index is 1200. The van der Waals surface area contributed by atoms with E-state index in [-0.39, 0.29) is 22.9 Å². The first-order chi connectivity index (χ1) is 16.7. The molecule has 0 radical (unpaired) electrons. The maximum absolute atomic E-state index is 13.1. The summed E-state index contributed by atoms with van der Waals surface area (Å²) in [6.07, 6.45) is 0. The molecule has 0 aromatic heterocycles. The minimum absolute atomic E-state index is 0.149. The minimum Gasteiger partial charge on any atom is -0.481 e. The zero-order valence-corrected chi connectivity index (χ0v) is 22.5. The number of halogens is 1. The van der Waals surface area contributed by atoms with Gasteiger partial charge in [-0.05, 0) is 55.9 Å². The number of methoxy groups -OCH3 is 1. The highest BCUT2D eigenvalue weighted by atomic mass is 79.9. The van der Waals surface area contributed by atoms with Gasteiger partial charge in [0.1, 0.15) is 18.2 Å². The van der Waals surface area contributed by atoms with Gasteiger partial charge in [-0.25, -0.2) is 13.2 Å². The molecule has 2 aromatic carbocycles. The number of nitrogens with one attached hydrogen (secondary N) is 1. The zero-order valence-electron chi connectivity index (χ0n) is 20.1. The lowest BCUT2D eigenvalue weighted by atomic mass is 10.1. The second-order valence-electron chi connectivity index (χ2n) is 8.18. The van der Waals surface area contributed by atoms with Crippen LogP contribution in [-0.4, -0.2) is 77.0 Å². The van der Waals surface area contributed by atoms with Crippen LogP contribution in [0.1, 0.15) is 22.8 Å². The molecule has 0 atom stereocenters. The molecule has 0 bridgehead atoms. The van der Waals surface area contributed by atoms with Crippen molar-refractivity contribution in [1.82, 2.24) is 9.80 Å². The van der Waals surface area contributed by atoms with E-state index < -0.39 is 15.8 Å². The van der Waals surface area contributed by atoms with Crippen molar-refractivity contribution in [1.29, 1.82) is 0 Å². The molecule has 0 saturated carbocycles. The van der Waals surface area contributed by atoms with Crippen LogP contribution >= 0.6 is 15.9 Å². The van der Waals surface area contributed by atoms with Crippen LogP contribution in [0.3, 0.4) is 0 Å². The van der Waals surface area contributed by atoms with E-state index in [4.69, 9.17) is 9.47 Å². The van der Waals surface area contributed by atoms with Crippen molar-refractivity contribution in [3.63, 3.8) is 0 Å². The van der Waals surface area contributed by atoms with Crippen LogP contribution < -0.4 is 10.1 Å². The number of likely N-dealkylation sites (N-methyl/N-ethyl adjacent to an activating group) is 1. The van der Waals surface area contributed by atoms with Gasteiger partial charge >= 0.3 is 5.97 Å². The van der Waals surface area contributed by atoms with Gasteiger partial charge in [0.2, 0.25) is 0 Å². The first-order valence-corrected chi connectivity index (χ1v) is 13.6. The molecule has 188 valence electrons. The van der Waals surface area contributed by atoms with Crippen molar-refractivity contribution < 1.29 is 22.7 Å². The third-order valence-corrected chi connectivity index (χ3v) is 7.66. The Hall–Kier alpha value is -2.58. The third-order valence-electron chi connectivity index (χ3n) is 5.69. The van der Waals surface area contributed by atoms with E-state index in [0.717, 1.165) is 36.2 Å². The van der Waals surface area contributed by atoms with E-state index in [1.165, 1.54) is 19.2 Å². The maximum Gasteiger partial charge on any atom is 0.340 e.